The molecular formula is C11H17N3O2. The van der Waals surface area contributed by atoms with Gasteiger partial charge in [0.1, 0.15) is 5.92 Å². The van der Waals surface area contributed by atoms with Crippen molar-refractivity contribution in [3.63, 3.8) is 0 Å². The highest BCUT2D eigenvalue weighted by Gasteiger charge is 2.22. The maximum atomic E-state index is 11.6. The van der Waals surface area contributed by atoms with E-state index in [1.165, 1.54) is 0 Å². The zero-order valence-electron chi connectivity index (χ0n) is 9.45. The first-order chi connectivity index (χ1) is 7.67. The van der Waals surface area contributed by atoms with Gasteiger partial charge < -0.3 is 10.6 Å². The molecule has 1 aliphatic rings. The number of nitrogens with one attached hydrogen (secondary N) is 2. The van der Waals surface area contributed by atoms with Gasteiger partial charge in [0, 0.05) is 19.0 Å². The molecule has 0 bridgehead atoms. The molecule has 5 heteroatoms. The summed E-state index contributed by atoms with van der Waals surface area (Å²) in [5, 5.41) is 14.2. The Labute approximate surface area is 95.2 Å². The Hall–Kier alpha value is -1.57. The molecule has 1 saturated heterocycles. The molecule has 2 unspecified atom stereocenters. The molecule has 0 aromatic heterocycles. The summed E-state index contributed by atoms with van der Waals surface area (Å²) in [6.45, 7) is 2.36. The predicted octanol–water partition coefficient (Wildman–Crippen LogP) is 0.321. The van der Waals surface area contributed by atoms with Crippen LogP contribution >= 0.6 is 0 Å². The van der Waals surface area contributed by atoms with Gasteiger partial charge in [-0.2, -0.15) is 5.26 Å². The number of nitriles is 1. The molecule has 5 nitrogen and oxygen atoms in total. The molecule has 1 heterocycles. The Morgan fingerprint density at radius 1 is 1.75 bits per heavy atom. The van der Waals surface area contributed by atoms with Gasteiger partial charge in [-0.15, -0.1) is 0 Å². The lowest BCUT2D eigenvalue weighted by molar-refractivity contribution is -0.124. The molecule has 0 spiro atoms. The van der Waals surface area contributed by atoms with E-state index in [0.717, 1.165) is 12.8 Å². The van der Waals surface area contributed by atoms with Crippen LogP contribution in [0.1, 0.15) is 32.6 Å². The molecule has 1 fully saturated rings. The van der Waals surface area contributed by atoms with Gasteiger partial charge in [0.15, 0.2) is 0 Å². The summed E-state index contributed by atoms with van der Waals surface area (Å²) in [6.07, 6.45) is 2.67. The minimum atomic E-state index is -0.567. The van der Waals surface area contributed by atoms with Crippen LogP contribution in [0.3, 0.4) is 0 Å². The van der Waals surface area contributed by atoms with Gasteiger partial charge >= 0.3 is 0 Å². The molecule has 1 rings (SSSR count). The third-order valence-electron chi connectivity index (χ3n) is 2.66. The van der Waals surface area contributed by atoms with Crippen molar-refractivity contribution in [2.24, 2.45) is 5.92 Å². The van der Waals surface area contributed by atoms with E-state index >= 15 is 0 Å². The molecule has 2 amide bonds. The molecule has 0 radical (unpaired) electrons. The minimum absolute atomic E-state index is 0.0254. The van der Waals surface area contributed by atoms with Crippen molar-refractivity contribution in [3.8, 4) is 6.07 Å². The first-order valence-corrected chi connectivity index (χ1v) is 5.64. The summed E-state index contributed by atoms with van der Waals surface area (Å²) in [4.78, 5) is 22.5. The zero-order valence-corrected chi connectivity index (χ0v) is 9.45. The minimum Gasteiger partial charge on any atom is -0.353 e. The predicted molar refractivity (Wildman–Crippen MR) is 58.2 cm³/mol. The highest BCUT2D eigenvalue weighted by atomic mass is 16.2. The second-order valence-corrected chi connectivity index (χ2v) is 4.02. The third-order valence-corrected chi connectivity index (χ3v) is 2.66. The van der Waals surface area contributed by atoms with Crippen LogP contribution in [0.4, 0.5) is 0 Å². The SMILES string of the molecule is CCCC(C#N)C(=O)NCC1CCC(=O)N1. The lowest BCUT2D eigenvalue weighted by Gasteiger charge is -2.13. The first kappa shape index (κ1) is 12.5. The topological polar surface area (TPSA) is 82.0 Å². The van der Waals surface area contributed by atoms with E-state index in [-0.39, 0.29) is 17.9 Å². The van der Waals surface area contributed by atoms with Gasteiger partial charge in [0.2, 0.25) is 11.8 Å². The summed E-state index contributed by atoms with van der Waals surface area (Å²) in [5.74, 6) is -0.766. The van der Waals surface area contributed by atoms with Crippen LogP contribution in [0, 0.1) is 17.2 Å². The number of hydrogen-bond acceptors (Lipinski definition) is 3. The Bertz CT molecular complexity index is 309. The summed E-state index contributed by atoms with van der Waals surface area (Å²) in [6, 6.07) is 2.01. The molecule has 1 aliphatic heterocycles. The number of carbonyl (C=O) groups is 2. The highest BCUT2D eigenvalue weighted by Crippen LogP contribution is 2.07. The second kappa shape index (κ2) is 6.11. The summed E-state index contributed by atoms with van der Waals surface area (Å²) < 4.78 is 0. The van der Waals surface area contributed by atoms with Crippen molar-refractivity contribution in [3.05, 3.63) is 0 Å². The molecule has 88 valence electrons. The van der Waals surface area contributed by atoms with Crippen molar-refractivity contribution in [2.45, 2.75) is 38.6 Å². The Balaban J connectivity index is 2.29. The molecule has 0 aliphatic carbocycles. The van der Waals surface area contributed by atoms with Crippen LogP contribution in [0.2, 0.25) is 0 Å². The van der Waals surface area contributed by atoms with E-state index in [1.807, 2.05) is 13.0 Å². The highest BCUT2D eigenvalue weighted by molar-refractivity contribution is 5.81. The smallest absolute Gasteiger partial charge is 0.237 e. The Morgan fingerprint density at radius 3 is 3.00 bits per heavy atom. The monoisotopic (exact) mass is 223 g/mol. The molecule has 0 aromatic rings. The molecule has 2 N–H and O–H groups in total. The van der Waals surface area contributed by atoms with Crippen molar-refractivity contribution in [1.29, 1.82) is 5.26 Å². The quantitative estimate of drug-likeness (QED) is 0.704. The first-order valence-electron chi connectivity index (χ1n) is 5.64. The maximum absolute atomic E-state index is 11.6. The number of nitrogens with zero attached hydrogens (tertiary/aromatic N) is 1. The number of hydrogen-bond donors (Lipinski definition) is 2. The van der Waals surface area contributed by atoms with Crippen molar-refractivity contribution >= 4 is 11.8 Å². The average Bonchev–Trinajstić information content (AvgIpc) is 2.68. The van der Waals surface area contributed by atoms with Crippen LogP contribution < -0.4 is 10.6 Å². The van der Waals surface area contributed by atoms with Crippen LogP contribution in [-0.2, 0) is 9.59 Å². The van der Waals surface area contributed by atoms with Gasteiger partial charge in [-0.3, -0.25) is 9.59 Å². The van der Waals surface area contributed by atoms with Crippen LogP contribution in [0.25, 0.3) is 0 Å². The largest absolute Gasteiger partial charge is 0.353 e. The van der Waals surface area contributed by atoms with Crippen molar-refractivity contribution in [2.75, 3.05) is 6.54 Å². The standard InChI is InChI=1S/C11H17N3O2/c1-2-3-8(6-12)11(16)13-7-9-4-5-10(15)14-9/h8-9H,2-5,7H2,1H3,(H,13,16)(H,14,15). The van der Waals surface area contributed by atoms with Crippen LogP contribution in [0.5, 0.6) is 0 Å². The van der Waals surface area contributed by atoms with E-state index in [1.54, 1.807) is 0 Å². The molecule has 0 saturated carbocycles. The van der Waals surface area contributed by atoms with E-state index in [4.69, 9.17) is 5.26 Å². The fourth-order valence-corrected chi connectivity index (χ4v) is 1.72. The van der Waals surface area contributed by atoms with E-state index < -0.39 is 5.92 Å². The van der Waals surface area contributed by atoms with Crippen LogP contribution in [0.15, 0.2) is 0 Å². The van der Waals surface area contributed by atoms with Gasteiger partial charge in [0.05, 0.1) is 6.07 Å². The fourth-order valence-electron chi connectivity index (χ4n) is 1.72. The van der Waals surface area contributed by atoms with E-state index in [9.17, 15) is 9.59 Å². The number of rotatable bonds is 5. The summed E-state index contributed by atoms with van der Waals surface area (Å²) >= 11 is 0. The van der Waals surface area contributed by atoms with Gasteiger partial charge in [-0.1, -0.05) is 13.3 Å². The normalized spacial score (nSPS) is 21.0. The molecule has 0 aromatic carbocycles. The zero-order chi connectivity index (χ0) is 12.0. The number of amides is 2. The van der Waals surface area contributed by atoms with Crippen molar-refractivity contribution < 1.29 is 9.59 Å². The second-order valence-electron chi connectivity index (χ2n) is 4.02. The fraction of sp³-hybridized carbons (Fsp3) is 0.727. The number of carbonyl (C=O) groups excluding carboxylic acids is 2. The lowest BCUT2D eigenvalue weighted by Crippen LogP contribution is -2.40. The Morgan fingerprint density at radius 2 is 2.50 bits per heavy atom. The van der Waals surface area contributed by atoms with Gasteiger partial charge in [-0.05, 0) is 12.8 Å². The maximum Gasteiger partial charge on any atom is 0.237 e. The summed E-state index contributed by atoms with van der Waals surface area (Å²) in [7, 11) is 0. The van der Waals surface area contributed by atoms with E-state index in [2.05, 4.69) is 10.6 Å². The molecular weight excluding hydrogens is 206 g/mol. The molecule has 2 atom stereocenters. The summed E-state index contributed by atoms with van der Waals surface area (Å²) in [5.41, 5.74) is 0. The average molecular weight is 223 g/mol. The van der Waals surface area contributed by atoms with Gasteiger partial charge in [-0.25, -0.2) is 0 Å². The lowest BCUT2D eigenvalue weighted by atomic mass is 10.0. The van der Waals surface area contributed by atoms with Gasteiger partial charge in [0.25, 0.3) is 0 Å². The van der Waals surface area contributed by atoms with Crippen molar-refractivity contribution in [1.82, 2.24) is 10.6 Å². The van der Waals surface area contributed by atoms with Crippen LogP contribution in [-0.4, -0.2) is 24.4 Å². The Kier molecular flexibility index (Phi) is 4.77. The third kappa shape index (κ3) is 3.54. The van der Waals surface area contributed by atoms with E-state index in [0.29, 0.717) is 19.4 Å². The molecule has 16 heavy (non-hydrogen) atoms.